The van der Waals surface area contributed by atoms with Crippen LogP contribution in [0.15, 0.2) is 41.4 Å². The highest BCUT2D eigenvalue weighted by atomic mass is 35.5. The number of phenols is 1. The van der Waals surface area contributed by atoms with Crippen LogP contribution in [0.25, 0.3) is 0 Å². The Hall–Kier alpha value is -2.75. The van der Waals surface area contributed by atoms with Crippen LogP contribution < -0.4 is 5.32 Å². The Bertz CT molecular complexity index is 1050. The molecule has 2 amide bonds. The molecule has 0 aromatic heterocycles. The number of hydrogen-bond acceptors (Lipinski definition) is 7. The van der Waals surface area contributed by atoms with Crippen molar-refractivity contribution in [2.24, 2.45) is 4.99 Å². The Labute approximate surface area is 192 Å². The van der Waals surface area contributed by atoms with Crippen molar-refractivity contribution < 1.29 is 24.2 Å². The van der Waals surface area contributed by atoms with E-state index < -0.39 is 11.2 Å². The quantitative estimate of drug-likeness (QED) is 0.636. The van der Waals surface area contributed by atoms with E-state index in [1.807, 2.05) is 0 Å². The zero-order valence-corrected chi connectivity index (χ0v) is 18.7. The lowest BCUT2D eigenvalue weighted by atomic mass is 10.2. The Morgan fingerprint density at radius 2 is 1.84 bits per heavy atom. The van der Waals surface area contributed by atoms with Crippen molar-refractivity contribution in [1.82, 2.24) is 4.90 Å². The van der Waals surface area contributed by atoms with Crippen LogP contribution in [0.5, 0.6) is 5.75 Å². The van der Waals surface area contributed by atoms with Gasteiger partial charge < -0.3 is 15.2 Å². The van der Waals surface area contributed by atoms with Crippen molar-refractivity contribution in [3.63, 3.8) is 0 Å². The number of carbonyl (C=O) groups excluding carboxylic acids is 3. The molecule has 11 heteroatoms. The van der Waals surface area contributed by atoms with E-state index >= 15 is 0 Å². The maximum absolute atomic E-state index is 12.7. The summed E-state index contributed by atoms with van der Waals surface area (Å²) in [7, 11) is 2.84. The van der Waals surface area contributed by atoms with Crippen LogP contribution in [0.2, 0.25) is 10.0 Å². The Morgan fingerprint density at radius 3 is 2.42 bits per heavy atom. The summed E-state index contributed by atoms with van der Waals surface area (Å²) in [6.07, 6.45) is -0.0106. The third-order valence-corrected chi connectivity index (χ3v) is 6.18. The Kier molecular flexibility index (Phi) is 7.09. The normalized spacial score (nSPS) is 17.5. The van der Waals surface area contributed by atoms with Crippen LogP contribution in [0.3, 0.4) is 0 Å². The molecule has 1 saturated heterocycles. The third-order valence-electron chi connectivity index (χ3n) is 4.36. The highest BCUT2D eigenvalue weighted by molar-refractivity contribution is 8.15. The van der Waals surface area contributed by atoms with E-state index in [2.05, 4.69) is 15.0 Å². The summed E-state index contributed by atoms with van der Waals surface area (Å²) >= 11 is 13.0. The number of ether oxygens (including phenoxy) is 1. The zero-order chi connectivity index (χ0) is 22.7. The fraction of sp³-hybridized carbons (Fsp3) is 0.200. The number of phenolic OH excluding ortho intramolecular Hbond substituents is 1. The topological polar surface area (TPSA) is 108 Å². The van der Waals surface area contributed by atoms with Crippen molar-refractivity contribution in [2.45, 2.75) is 11.7 Å². The highest BCUT2D eigenvalue weighted by Crippen LogP contribution is 2.37. The number of esters is 1. The zero-order valence-electron chi connectivity index (χ0n) is 16.4. The lowest BCUT2D eigenvalue weighted by Gasteiger charge is -2.28. The minimum absolute atomic E-state index is 0.0106. The number of nitrogens with zero attached hydrogens (tertiary/aromatic N) is 2. The first-order chi connectivity index (χ1) is 14.7. The molecule has 1 aliphatic heterocycles. The number of nitrogens with one attached hydrogen (secondary N) is 1. The molecular formula is C20H17Cl2N3O5S. The minimum atomic E-state index is -0.717. The monoisotopic (exact) mass is 481 g/mol. The van der Waals surface area contributed by atoms with Gasteiger partial charge in [0.25, 0.3) is 0 Å². The van der Waals surface area contributed by atoms with E-state index in [0.717, 1.165) is 11.8 Å². The van der Waals surface area contributed by atoms with Crippen molar-refractivity contribution in [1.29, 1.82) is 0 Å². The van der Waals surface area contributed by atoms with Gasteiger partial charge in [-0.15, -0.1) is 0 Å². The highest BCUT2D eigenvalue weighted by Gasteiger charge is 2.34. The molecule has 1 fully saturated rings. The molecule has 1 aliphatic rings. The minimum Gasteiger partial charge on any atom is -0.505 e. The van der Waals surface area contributed by atoms with Crippen molar-refractivity contribution >= 4 is 69.3 Å². The number of aromatic hydroxyl groups is 1. The molecule has 1 heterocycles. The average Bonchev–Trinajstić information content (AvgIpc) is 2.74. The Morgan fingerprint density at radius 1 is 1.23 bits per heavy atom. The summed E-state index contributed by atoms with van der Waals surface area (Å²) in [4.78, 5) is 42.3. The van der Waals surface area contributed by atoms with E-state index in [4.69, 9.17) is 23.2 Å². The lowest BCUT2D eigenvalue weighted by molar-refractivity contribution is -0.128. The summed E-state index contributed by atoms with van der Waals surface area (Å²) in [5.41, 5.74) is 1.15. The summed E-state index contributed by atoms with van der Waals surface area (Å²) in [5, 5.41) is 12.0. The second kappa shape index (κ2) is 9.59. The third kappa shape index (κ3) is 5.30. The number of benzene rings is 2. The molecule has 2 aromatic rings. The molecule has 0 aliphatic carbocycles. The number of anilines is 1. The number of carbonyl (C=O) groups is 3. The van der Waals surface area contributed by atoms with Crippen LogP contribution >= 0.6 is 35.0 Å². The summed E-state index contributed by atoms with van der Waals surface area (Å²) in [6, 6.07) is 9.00. The van der Waals surface area contributed by atoms with Crippen LogP contribution in [0, 0.1) is 0 Å². The van der Waals surface area contributed by atoms with E-state index in [9.17, 15) is 19.5 Å². The van der Waals surface area contributed by atoms with E-state index in [0.29, 0.717) is 16.9 Å². The second-order valence-corrected chi connectivity index (χ2v) is 8.46. The fourth-order valence-corrected chi connectivity index (χ4v) is 4.20. The SMILES string of the molecule is COC(=O)c1ccc(NC(=O)C2CC(=O)N(C)C(=Nc3cc(Cl)c(O)c(Cl)c3)S2)cc1. The molecule has 1 atom stereocenters. The number of methoxy groups -OCH3 is 1. The van der Waals surface area contributed by atoms with Crippen LogP contribution in [0.1, 0.15) is 16.8 Å². The van der Waals surface area contributed by atoms with Gasteiger partial charge in [0.1, 0.15) is 5.25 Å². The maximum atomic E-state index is 12.7. The number of thioether (sulfide) groups is 1. The van der Waals surface area contributed by atoms with Gasteiger partial charge >= 0.3 is 5.97 Å². The summed E-state index contributed by atoms with van der Waals surface area (Å²) in [5.74, 6) is -1.41. The molecular weight excluding hydrogens is 465 g/mol. The molecule has 3 rings (SSSR count). The molecule has 1 unspecified atom stereocenters. The number of hydrogen-bond donors (Lipinski definition) is 2. The number of halogens is 2. The summed E-state index contributed by atoms with van der Waals surface area (Å²) in [6.45, 7) is 0. The molecule has 0 saturated carbocycles. The molecule has 162 valence electrons. The predicted octanol–water partition coefficient (Wildman–Crippen LogP) is 4.08. The van der Waals surface area contributed by atoms with Gasteiger partial charge in [0.05, 0.1) is 28.4 Å². The number of rotatable bonds is 4. The maximum Gasteiger partial charge on any atom is 0.337 e. The first-order valence-electron chi connectivity index (χ1n) is 8.88. The second-order valence-electron chi connectivity index (χ2n) is 6.47. The van der Waals surface area contributed by atoms with Gasteiger partial charge in [-0.3, -0.25) is 14.5 Å². The van der Waals surface area contributed by atoms with Crippen molar-refractivity contribution in [3.05, 3.63) is 52.0 Å². The smallest absolute Gasteiger partial charge is 0.337 e. The Balaban J connectivity index is 1.77. The standard InChI is InChI=1S/C20H17Cl2N3O5S/c1-25-16(26)9-15(18(28)23-11-5-3-10(4-6-11)19(29)30-2)31-20(25)24-12-7-13(21)17(27)14(22)8-12/h3-8,15,27H,9H2,1-2H3,(H,23,28). The van der Waals surface area contributed by atoms with Gasteiger partial charge in [0.2, 0.25) is 11.8 Å². The van der Waals surface area contributed by atoms with Gasteiger partial charge in [0, 0.05) is 19.2 Å². The number of aliphatic imine (C=N–C) groups is 1. The van der Waals surface area contributed by atoms with Gasteiger partial charge in [-0.2, -0.15) is 0 Å². The van der Waals surface area contributed by atoms with Crippen LogP contribution in [-0.2, 0) is 14.3 Å². The van der Waals surface area contributed by atoms with E-state index in [1.54, 1.807) is 19.2 Å². The molecule has 0 spiro atoms. The molecule has 31 heavy (non-hydrogen) atoms. The molecule has 0 radical (unpaired) electrons. The molecule has 8 nitrogen and oxygen atoms in total. The van der Waals surface area contributed by atoms with Crippen molar-refractivity contribution in [3.8, 4) is 5.75 Å². The van der Waals surface area contributed by atoms with Crippen molar-refractivity contribution in [2.75, 3.05) is 19.5 Å². The first kappa shape index (κ1) is 22.9. The van der Waals surface area contributed by atoms with Gasteiger partial charge in [-0.25, -0.2) is 9.79 Å². The molecule has 2 N–H and O–H groups in total. The first-order valence-corrected chi connectivity index (χ1v) is 10.5. The van der Waals surface area contributed by atoms with Crippen LogP contribution in [0.4, 0.5) is 11.4 Å². The largest absolute Gasteiger partial charge is 0.505 e. The number of amides is 2. The fourth-order valence-electron chi connectivity index (χ4n) is 2.66. The number of amidine groups is 1. The van der Waals surface area contributed by atoms with E-state index in [-0.39, 0.29) is 39.2 Å². The van der Waals surface area contributed by atoms with Crippen LogP contribution in [-0.4, -0.2) is 52.4 Å². The molecule has 2 aromatic carbocycles. The van der Waals surface area contributed by atoms with E-state index in [1.165, 1.54) is 36.3 Å². The van der Waals surface area contributed by atoms with Gasteiger partial charge in [-0.05, 0) is 36.4 Å². The van der Waals surface area contributed by atoms with Gasteiger partial charge in [-0.1, -0.05) is 35.0 Å². The molecule has 0 bridgehead atoms. The summed E-state index contributed by atoms with van der Waals surface area (Å²) < 4.78 is 4.64. The average molecular weight is 482 g/mol. The van der Waals surface area contributed by atoms with Gasteiger partial charge in [0.15, 0.2) is 10.9 Å². The predicted molar refractivity (Wildman–Crippen MR) is 120 cm³/mol. The lowest BCUT2D eigenvalue weighted by Crippen LogP contribution is -2.43.